The topological polar surface area (TPSA) is 105 Å². The molecule has 0 bridgehead atoms. The number of nitrogens with one attached hydrogen (secondary N) is 1. The molecule has 8 heteroatoms. The summed E-state index contributed by atoms with van der Waals surface area (Å²) in [6.45, 7) is -1.33. The fourth-order valence-corrected chi connectivity index (χ4v) is 2.02. The van der Waals surface area contributed by atoms with E-state index in [9.17, 15) is 19.1 Å². The summed E-state index contributed by atoms with van der Waals surface area (Å²) in [7, 11) is 0. The van der Waals surface area contributed by atoms with Crippen LogP contribution in [0.25, 0.3) is 0 Å². The van der Waals surface area contributed by atoms with Crippen LogP contribution >= 0.6 is 0 Å². The first-order valence-corrected chi connectivity index (χ1v) is 5.40. The quantitative estimate of drug-likeness (QED) is 0.605. The first kappa shape index (κ1) is 12.9. The van der Waals surface area contributed by atoms with E-state index in [1.807, 2.05) is 4.98 Å². The minimum atomic E-state index is -1.27. The third-order valence-corrected chi connectivity index (χ3v) is 3.01. The zero-order valence-electron chi connectivity index (χ0n) is 9.32. The van der Waals surface area contributed by atoms with E-state index in [4.69, 9.17) is 9.84 Å². The van der Waals surface area contributed by atoms with Crippen molar-refractivity contribution < 1.29 is 19.3 Å². The highest BCUT2D eigenvalue weighted by molar-refractivity contribution is 4.92. The van der Waals surface area contributed by atoms with Gasteiger partial charge < -0.3 is 14.9 Å². The second-order valence-electron chi connectivity index (χ2n) is 4.07. The zero-order chi connectivity index (χ0) is 13.3. The molecule has 4 atom stereocenters. The number of hydrogen-bond donors (Lipinski definition) is 3. The number of nitrogens with zero attached hydrogens (tertiary/aromatic N) is 1. The predicted octanol–water partition coefficient (Wildman–Crippen LogP) is -1.63. The van der Waals surface area contributed by atoms with E-state index in [1.54, 1.807) is 0 Å². The maximum Gasteiger partial charge on any atom is 0.330 e. The lowest BCUT2D eigenvalue weighted by Crippen LogP contribution is -2.36. The van der Waals surface area contributed by atoms with Crippen LogP contribution in [0.15, 0.2) is 21.9 Å². The average molecular weight is 260 g/mol. The van der Waals surface area contributed by atoms with E-state index in [0.717, 1.165) is 16.8 Å². The number of aliphatic hydroxyl groups excluding tert-OH is 2. The van der Waals surface area contributed by atoms with Crippen molar-refractivity contribution in [3.8, 4) is 0 Å². The van der Waals surface area contributed by atoms with Crippen molar-refractivity contribution in [2.45, 2.75) is 18.4 Å². The number of aliphatic hydroxyl groups is 2. The molecule has 1 aromatic heterocycles. The van der Waals surface area contributed by atoms with Crippen molar-refractivity contribution >= 4 is 0 Å². The molecule has 1 aromatic rings. The number of aromatic amines is 1. The second kappa shape index (κ2) is 5.01. The molecule has 2 heterocycles. The van der Waals surface area contributed by atoms with Crippen LogP contribution in [0.1, 0.15) is 6.23 Å². The van der Waals surface area contributed by atoms with Gasteiger partial charge in [0.2, 0.25) is 0 Å². The number of hydrogen-bond acceptors (Lipinski definition) is 5. The molecule has 100 valence electrons. The van der Waals surface area contributed by atoms with Crippen LogP contribution < -0.4 is 11.2 Å². The molecule has 0 unspecified atom stereocenters. The Morgan fingerprint density at radius 2 is 2.22 bits per heavy atom. The molecule has 18 heavy (non-hydrogen) atoms. The average Bonchev–Trinajstić information content (AvgIpc) is 2.66. The van der Waals surface area contributed by atoms with Crippen molar-refractivity contribution in [1.29, 1.82) is 0 Å². The van der Waals surface area contributed by atoms with Crippen molar-refractivity contribution in [3.63, 3.8) is 0 Å². The van der Waals surface area contributed by atoms with Crippen LogP contribution in [0.3, 0.4) is 0 Å². The van der Waals surface area contributed by atoms with E-state index in [1.165, 1.54) is 0 Å². The largest absolute Gasteiger partial charge is 0.394 e. The number of H-pyrrole nitrogens is 1. The highest BCUT2D eigenvalue weighted by Crippen LogP contribution is 2.33. The lowest BCUT2D eigenvalue weighted by atomic mass is 10.0. The fraction of sp³-hybridized carbons (Fsp3) is 0.600. The van der Waals surface area contributed by atoms with Gasteiger partial charge in [-0.15, -0.1) is 0 Å². The van der Waals surface area contributed by atoms with Gasteiger partial charge in [-0.05, 0) is 0 Å². The maximum atomic E-state index is 12.7. The molecule has 3 N–H and O–H groups in total. The third-order valence-electron chi connectivity index (χ3n) is 3.01. The van der Waals surface area contributed by atoms with Crippen molar-refractivity contribution in [2.24, 2.45) is 5.92 Å². The summed E-state index contributed by atoms with van der Waals surface area (Å²) >= 11 is 0. The van der Waals surface area contributed by atoms with Gasteiger partial charge in [0.05, 0.1) is 19.4 Å². The molecule has 0 amide bonds. The summed E-state index contributed by atoms with van der Waals surface area (Å²) in [4.78, 5) is 24.4. The predicted molar refractivity (Wildman–Crippen MR) is 57.8 cm³/mol. The van der Waals surface area contributed by atoms with Gasteiger partial charge in [-0.3, -0.25) is 18.7 Å². The molecule has 7 nitrogen and oxygen atoms in total. The summed E-state index contributed by atoms with van der Waals surface area (Å²) < 4.78 is 18.9. The minimum absolute atomic E-state index is 0.458. The Kier molecular flexibility index (Phi) is 3.60. The standard InChI is InChI=1S/C10H13FN2O5/c11-3-5-6(4-14)18-9(8(5)16)13-2-1-7(15)12-10(13)17/h1-2,5-6,8-9,14,16H,3-4H2,(H,12,15,17)/t5-,6-,8-,9-/m1/s1. The van der Waals surface area contributed by atoms with Gasteiger partial charge in [-0.25, -0.2) is 4.79 Å². The Bertz CT molecular complexity index is 527. The molecule has 0 aliphatic carbocycles. The summed E-state index contributed by atoms with van der Waals surface area (Å²) in [6.07, 6.45) is -2.11. The normalized spacial score (nSPS) is 31.7. The minimum Gasteiger partial charge on any atom is -0.394 e. The first-order valence-electron chi connectivity index (χ1n) is 5.40. The number of alkyl halides is 1. The van der Waals surface area contributed by atoms with E-state index in [0.29, 0.717) is 0 Å². The monoisotopic (exact) mass is 260 g/mol. The second-order valence-corrected chi connectivity index (χ2v) is 4.07. The SMILES string of the molecule is O=c1ccn([C@@H]2O[C@H](CO)[C@@H](CF)[C@H]2O)c(=O)[nH]1. The smallest absolute Gasteiger partial charge is 0.330 e. The lowest BCUT2D eigenvalue weighted by molar-refractivity contribution is -0.0536. The molecular formula is C10H13FN2O5. The highest BCUT2D eigenvalue weighted by atomic mass is 19.1. The highest BCUT2D eigenvalue weighted by Gasteiger charge is 2.44. The maximum absolute atomic E-state index is 12.7. The molecule has 2 rings (SSSR count). The number of aromatic nitrogens is 2. The molecule has 0 aromatic carbocycles. The molecule has 1 saturated heterocycles. The van der Waals surface area contributed by atoms with E-state index < -0.39 is 48.9 Å². The zero-order valence-corrected chi connectivity index (χ0v) is 9.32. The summed E-state index contributed by atoms with van der Waals surface area (Å²) in [6, 6.07) is 1.09. The van der Waals surface area contributed by atoms with Gasteiger partial charge in [-0.2, -0.15) is 0 Å². The summed E-state index contributed by atoms with van der Waals surface area (Å²) in [5.74, 6) is -0.904. The van der Waals surface area contributed by atoms with Crippen LogP contribution in [0.2, 0.25) is 0 Å². The Morgan fingerprint density at radius 3 is 2.72 bits per heavy atom. The van der Waals surface area contributed by atoms with Gasteiger partial charge >= 0.3 is 5.69 Å². The van der Waals surface area contributed by atoms with Crippen LogP contribution in [0.5, 0.6) is 0 Å². The van der Waals surface area contributed by atoms with E-state index in [2.05, 4.69) is 0 Å². The molecule has 0 radical (unpaired) electrons. The number of rotatable bonds is 3. The lowest BCUT2D eigenvalue weighted by Gasteiger charge is -2.17. The third kappa shape index (κ3) is 2.09. The van der Waals surface area contributed by atoms with Crippen LogP contribution in [-0.2, 0) is 4.74 Å². The van der Waals surface area contributed by atoms with Crippen molar-refractivity contribution in [3.05, 3.63) is 33.1 Å². The molecule has 1 fully saturated rings. The molecule has 0 saturated carbocycles. The van der Waals surface area contributed by atoms with Gasteiger partial charge in [0.1, 0.15) is 6.10 Å². The molecule has 1 aliphatic heterocycles. The summed E-state index contributed by atoms with van der Waals surface area (Å²) in [5.41, 5.74) is -1.34. The Morgan fingerprint density at radius 1 is 1.50 bits per heavy atom. The first-order chi connectivity index (χ1) is 8.58. The van der Waals surface area contributed by atoms with E-state index >= 15 is 0 Å². The fourth-order valence-electron chi connectivity index (χ4n) is 2.02. The van der Waals surface area contributed by atoms with Crippen molar-refractivity contribution in [1.82, 2.24) is 9.55 Å². The molecular weight excluding hydrogens is 247 g/mol. The van der Waals surface area contributed by atoms with Gasteiger partial charge in [-0.1, -0.05) is 0 Å². The van der Waals surface area contributed by atoms with Crippen LogP contribution in [-0.4, -0.2) is 45.3 Å². The van der Waals surface area contributed by atoms with Crippen LogP contribution in [0, 0.1) is 5.92 Å². The van der Waals surface area contributed by atoms with E-state index in [-0.39, 0.29) is 0 Å². The Hall–Kier alpha value is -1.51. The number of ether oxygens (including phenoxy) is 1. The number of halogens is 1. The van der Waals surface area contributed by atoms with Gasteiger partial charge in [0.15, 0.2) is 6.23 Å². The Labute approximate surface area is 100 Å². The van der Waals surface area contributed by atoms with Crippen molar-refractivity contribution in [2.75, 3.05) is 13.3 Å². The summed E-state index contributed by atoms with van der Waals surface area (Å²) in [5, 5.41) is 18.9. The Balaban J connectivity index is 2.34. The molecule has 0 spiro atoms. The van der Waals surface area contributed by atoms with Gasteiger partial charge in [0, 0.05) is 18.2 Å². The van der Waals surface area contributed by atoms with Gasteiger partial charge in [0.25, 0.3) is 5.56 Å². The van der Waals surface area contributed by atoms with Crippen LogP contribution in [0.4, 0.5) is 4.39 Å². The molecule has 1 aliphatic rings.